The van der Waals surface area contributed by atoms with Crippen LogP contribution in [0, 0.1) is 0 Å². The van der Waals surface area contributed by atoms with Gasteiger partial charge in [0.05, 0.1) is 13.0 Å². The maximum atomic E-state index is 13.9. The van der Waals surface area contributed by atoms with Crippen molar-refractivity contribution in [1.29, 1.82) is 0 Å². The number of carbonyl (C=O) groups excluding carboxylic acids is 3. The van der Waals surface area contributed by atoms with Gasteiger partial charge in [-0.2, -0.15) is 0 Å². The Labute approximate surface area is 233 Å². The second-order valence-electron chi connectivity index (χ2n) is 9.88. The van der Waals surface area contributed by atoms with Crippen molar-refractivity contribution in [3.63, 3.8) is 0 Å². The van der Waals surface area contributed by atoms with Crippen molar-refractivity contribution in [2.45, 2.75) is 24.8 Å². The number of benzene rings is 3. The fourth-order valence-electron chi connectivity index (χ4n) is 4.75. The van der Waals surface area contributed by atoms with Crippen LogP contribution < -0.4 is 5.32 Å². The van der Waals surface area contributed by atoms with E-state index in [0.29, 0.717) is 5.57 Å². The molecule has 8 heteroatoms. The van der Waals surface area contributed by atoms with Crippen LogP contribution in [0.4, 0.5) is 0 Å². The number of ether oxygens (including phenoxy) is 2. The molecule has 0 saturated carbocycles. The van der Waals surface area contributed by atoms with Gasteiger partial charge >= 0.3 is 5.97 Å². The summed E-state index contributed by atoms with van der Waals surface area (Å²) in [5.74, 6) is -1.37. The number of amides is 2. The monoisotopic (exact) mass is 537 g/mol. The molecular weight excluding hydrogens is 506 g/mol. The highest BCUT2D eigenvalue weighted by molar-refractivity contribution is 6.02. The highest BCUT2D eigenvalue weighted by atomic mass is 16.6. The molecule has 2 amide bonds. The van der Waals surface area contributed by atoms with Crippen LogP contribution >= 0.6 is 0 Å². The molecule has 2 unspecified atom stereocenters. The van der Waals surface area contributed by atoms with E-state index in [-0.39, 0.29) is 24.6 Å². The van der Waals surface area contributed by atoms with Crippen molar-refractivity contribution < 1.29 is 23.9 Å². The molecule has 0 bridgehead atoms. The summed E-state index contributed by atoms with van der Waals surface area (Å²) in [4.78, 5) is 43.0. The molecule has 2 aliphatic heterocycles. The van der Waals surface area contributed by atoms with Crippen molar-refractivity contribution >= 4 is 17.8 Å². The Morgan fingerprint density at radius 1 is 0.975 bits per heavy atom. The molecule has 3 aromatic rings. The number of fused-ring (bicyclic) bond motifs is 1. The third-order valence-corrected chi connectivity index (χ3v) is 6.72. The number of hydrogen-bond donors (Lipinski definition) is 1. The first-order chi connectivity index (χ1) is 19.4. The van der Waals surface area contributed by atoms with Crippen LogP contribution in [0.2, 0.25) is 0 Å². The Morgan fingerprint density at radius 3 is 2.12 bits per heavy atom. The predicted octanol–water partition coefficient (Wildman–Crippen LogP) is 3.57. The van der Waals surface area contributed by atoms with Gasteiger partial charge in [-0.1, -0.05) is 91.0 Å². The molecular formula is C32H31N3O5. The number of β-lactam (4-membered cyclic amide) rings is 1. The first kappa shape index (κ1) is 26.9. The number of rotatable bonds is 9. The average molecular weight is 538 g/mol. The lowest BCUT2D eigenvalue weighted by atomic mass is 9.97. The van der Waals surface area contributed by atoms with E-state index >= 15 is 0 Å². The van der Waals surface area contributed by atoms with Crippen LogP contribution in [-0.4, -0.2) is 60.6 Å². The van der Waals surface area contributed by atoms with Crippen LogP contribution in [-0.2, 0) is 30.3 Å². The lowest BCUT2D eigenvalue weighted by molar-refractivity contribution is -0.186. The molecule has 2 atom stereocenters. The first-order valence-electron chi connectivity index (χ1n) is 13.1. The molecule has 0 spiro atoms. The normalized spacial score (nSPS) is 18.4. The maximum absolute atomic E-state index is 13.9. The van der Waals surface area contributed by atoms with E-state index in [1.165, 1.54) is 4.90 Å². The molecule has 8 nitrogen and oxygen atoms in total. The first-order valence-corrected chi connectivity index (χ1v) is 13.1. The average Bonchev–Trinajstić information content (AvgIpc) is 2.98. The van der Waals surface area contributed by atoms with Crippen LogP contribution in [0.3, 0.4) is 0 Å². The molecule has 5 rings (SSSR count). The van der Waals surface area contributed by atoms with E-state index in [4.69, 9.17) is 9.47 Å². The van der Waals surface area contributed by atoms with Crippen LogP contribution in [0.15, 0.2) is 115 Å². The number of nitrogens with one attached hydrogen (secondary N) is 1. The van der Waals surface area contributed by atoms with E-state index in [9.17, 15) is 14.4 Å². The zero-order valence-corrected chi connectivity index (χ0v) is 22.4. The summed E-state index contributed by atoms with van der Waals surface area (Å²) < 4.78 is 12.1. The third-order valence-electron chi connectivity index (χ3n) is 6.72. The molecule has 0 radical (unpaired) electrons. The molecule has 1 fully saturated rings. The van der Waals surface area contributed by atoms with Gasteiger partial charge in [-0.3, -0.25) is 14.5 Å². The molecule has 0 aliphatic carbocycles. The summed E-state index contributed by atoms with van der Waals surface area (Å²) in [6.45, 7) is 0.0790. The Bertz CT molecular complexity index is 1380. The van der Waals surface area contributed by atoms with Gasteiger partial charge in [-0.05, 0) is 29.0 Å². The standard InChI is InChI=1S/C32H31N3O5/c1-34(2)19-18-25-21-39-31-27(33-26(36)20-22-12-6-3-7-13-22)30(37)35(31)28(25)32(38)40-29(23-14-8-4-9-15-23)24-16-10-5-11-17-24/h3-19,27,29,31H,20-21H2,1-2H3,(H,33,36)/b19-18+. The van der Waals surface area contributed by atoms with E-state index in [0.717, 1.165) is 16.7 Å². The molecule has 1 saturated heterocycles. The number of nitrogens with zero attached hydrogens (tertiary/aromatic N) is 2. The molecule has 0 aromatic heterocycles. The fourth-order valence-corrected chi connectivity index (χ4v) is 4.75. The maximum Gasteiger partial charge on any atom is 0.356 e. The lowest BCUT2D eigenvalue weighted by Gasteiger charge is -2.49. The van der Waals surface area contributed by atoms with Crippen molar-refractivity contribution in [2.24, 2.45) is 0 Å². The second kappa shape index (κ2) is 12.0. The fraction of sp³-hybridized carbons (Fsp3) is 0.219. The zero-order valence-electron chi connectivity index (χ0n) is 22.4. The topological polar surface area (TPSA) is 88.2 Å². The second-order valence-corrected chi connectivity index (χ2v) is 9.88. The van der Waals surface area contributed by atoms with E-state index in [2.05, 4.69) is 5.32 Å². The van der Waals surface area contributed by atoms with Gasteiger partial charge in [-0.15, -0.1) is 0 Å². The predicted molar refractivity (Wildman–Crippen MR) is 149 cm³/mol. The minimum Gasteiger partial charge on any atom is -0.448 e. The summed E-state index contributed by atoms with van der Waals surface area (Å²) in [6, 6.07) is 27.3. The van der Waals surface area contributed by atoms with Gasteiger partial charge in [0.1, 0.15) is 5.70 Å². The lowest BCUT2D eigenvalue weighted by Crippen LogP contribution is -2.73. The van der Waals surface area contributed by atoms with Gasteiger partial charge in [-0.25, -0.2) is 4.79 Å². The summed E-state index contributed by atoms with van der Waals surface area (Å²) in [5.41, 5.74) is 3.07. The molecule has 3 aromatic carbocycles. The molecule has 1 N–H and O–H groups in total. The van der Waals surface area contributed by atoms with E-state index in [1.807, 2.05) is 110 Å². The minimum absolute atomic E-state index is 0.0790. The zero-order chi connectivity index (χ0) is 28.1. The van der Waals surface area contributed by atoms with Crippen molar-refractivity contribution in [1.82, 2.24) is 15.1 Å². The smallest absolute Gasteiger partial charge is 0.356 e. The number of hydrogen-bond acceptors (Lipinski definition) is 6. The highest BCUT2D eigenvalue weighted by Crippen LogP contribution is 2.36. The summed E-state index contributed by atoms with van der Waals surface area (Å²) in [5, 5.41) is 2.77. The van der Waals surface area contributed by atoms with E-state index in [1.54, 1.807) is 12.3 Å². The van der Waals surface area contributed by atoms with Gasteiger partial charge in [0.2, 0.25) is 5.91 Å². The van der Waals surface area contributed by atoms with Gasteiger partial charge in [0, 0.05) is 19.7 Å². The van der Waals surface area contributed by atoms with Gasteiger partial charge < -0.3 is 19.7 Å². The third kappa shape index (κ3) is 5.82. The quantitative estimate of drug-likeness (QED) is 0.332. The van der Waals surface area contributed by atoms with Crippen LogP contribution in [0.5, 0.6) is 0 Å². The number of carbonyl (C=O) groups is 3. The summed E-state index contributed by atoms with van der Waals surface area (Å²) in [7, 11) is 3.71. The van der Waals surface area contributed by atoms with Crippen molar-refractivity contribution in [3.8, 4) is 0 Å². The van der Waals surface area contributed by atoms with Crippen LogP contribution in [0.1, 0.15) is 22.8 Å². The highest BCUT2D eigenvalue weighted by Gasteiger charge is 2.55. The van der Waals surface area contributed by atoms with Crippen LogP contribution in [0.25, 0.3) is 0 Å². The Balaban J connectivity index is 1.40. The van der Waals surface area contributed by atoms with Crippen molar-refractivity contribution in [3.05, 3.63) is 131 Å². The molecule has 2 aliphatic rings. The molecule has 2 heterocycles. The molecule has 40 heavy (non-hydrogen) atoms. The van der Waals surface area contributed by atoms with Crippen molar-refractivity contribution in [2.75, 3.05) is 20.7 Å². The largest absolute Gasteiger partial charge is 0.448 e. The Hall–Kier alpha value is -4.69. The summed E-state index contributed by atoms with van der Waals surface area (Å²) >= 11 is 0. The summed E-state index contributed by atoms with van der Waals surface area (Å²) in [6.07, 6.45) is 2.16. The van der Waals surface area contributed by atoms with Gasteiger partial charge in [0.25, 0.3) is 5.91 Å². The molecule has 204 valence electrons. The Morgan fingerprint density at radius 2 is 1.55 bits per heavy atom. The van der Waals surface area contributed by atoms with Gasteiger partial charge in [0.15, 0.2) is 18.4 Å². The van der Waals surface area contributed by atoms with E-state index < -0.39 is 30.3 Å². The SMILES string of the molecule is CN(C)/C=C/C1=C(C(=O)OC(c2ccccc2)c2ccccc2)N2C(=O)C(NC(=O)Cc3ccccc3)C2OC1. The Kier molecular flexibility index (Phi) is 8.07. The minimum atomic E-state index is -0.891. The number of esters is 1.